The molecule has 1 aliphatic heterocycles. The van der Waals surface area contributed by atoms with Gasteiger partial charge in [-0.2, -0.15) is 4.39 Å². The molecule has 1 saturated carbocycles. The minimum Gasteiger partial charge on any atom is -0.462 e. The Balaban J connectivity index is 1.82. The van der Waals surface area contributed by atoms with Crippen molar-refractivity contribution in [3.8, 4) is 5.75 Å². The lowest BCUT2D eigenvalue weighted by atomic mass is 10.1. The van der Waals surface area contributed by atoms with Gasteiger partial charge in [0, 0.05) is 18.6 Å². The average Bonchev–Trinajstić information content (AvgIpc) is 3.43. The molecule has 7 heteroatoms. The zero-order chi connectivity index (χ0) is 18.7. The van der Waals surface area contributed by atoms with E-state index in [0.29, 0.717) is 5.75 Å². The van der Waals surface area contributed by atoms with Crippen LogP contribution in [0.5, 0.6) is 5.75 Å². The van der Waals surface area contributed by atoms with Gasteiger partial charge in [-0.25, -0.2) is 9.10 Å². The molecule has 1 aliphatic carbocycles. The Bertz CT molecular complexity index is 706. The van der Waals surface area contributed by atoms with E-state index in [4.69, 9.17) is 4.74 Å². The second-order valence-corrected chi connectivity index (χ2v) is 7.85. The molecule has 142 valence electrons. The molecule has 0 N–H and O–H groups in total. The van der Waals surface area contributed by atoms with Crippen LogP contribution < -0.4 is 9.64 Å². The van der Waals surface area contributed by atoms with Crippen LogP contribution in [-0.4, -0.2) is 42.6 Å². The Morgan fingerprint density at radius 2 is 2.12 bits per heavy atom. The molecular weight excluding hydrogens is 355 g/mol. The van der Waals surface area contributed by atoms with Crippen LogP contribution in [0.15, 0.2) is 35.2 Å². The summed E-state index contributed by atoms with van der Waals surface area (Å²) < 4.78 is 25.8. The van der Waals surface area contributed by atoms with Gasteiger partial charge in [-0.1, -0.05) is 6.92 Å². The van der Waals surface area contributed by atoms with E-state index < -0.39 is 11.8 Å². The number of ether oxygens (including phenoxy) is 2. The van der Waals surface area contributed by atoms with Crippen molar-refractivity contribution in [1.82, 2.24) is 4.31 Å². The van der Waals surface area contributed by atoms with Crippen LogP contribution in [0.25, 0.3) is 0 Å². The van der Waals surface area contributed by atoms with Crippen molar-refractivity contribution >= 4 is 23.6 Å². The first-order valence-electron chi connectivity index (χ1n) is 8.99. The minimum absolute atomic E-state index is 0.122. The molecule has 0 saturated heterocycles. The molecular formula is C19H25FN2O3S. The average molecular weight is 380 g/mol. The summed E-state index contributed by atoms with van der Waals surface area (Å²) in [5.74, 6) is -1.57. The van der Waals surface area contributed by atoms with Crippen molar-refractivity contribution < 1.29 is 18.7 Å². The highest BCUT2D eigenvalue weighted by Crippen LogP contribution is 2.50. The molecule has 0 amide bonds. The van der Waals surface area contributed by atoms with E-state index in [0.717, 1.165) is 30.7 Å². The van der Waals surface area contributed by atoms with E-state index in [9.17, 15) is 9.18 Å². The lowest BCUT2D eigenvalue weighted by Gasteiger charge is -2.33. The van der Waals surface area contributed by atoms with Gasteiger partial charge in [-0.3, -0.25) is 0 Å². The fraction of sp³-hybridized carbons (Fsp3) is 0.526. The smallest absolute Gasteiger partial charge is 0.370 e. The van der Waals surface area contributed by atoms with Crippen molar-refractivity contribution in [3.05, 3.63) is 30.3 Å². The number of carbonyl (C=O) groups excluding carboxylic acids is 1. The number of hydrogen-bond acceptors (Lipinski definition) is 6. The van der Waals surface area contributed by atoms with Crippen LogP contribution in [0.2, 0.25) is 0 Å². The number of fused-ring (bicyclic) bond motifs is 1. The summed E-state index contributed by atoms with van der Waals surface area (Å²) in [4.78, 5) is 14.9. The number of anilines is 1. The van der Waals surface area contributed by atoms with Crippen molar-refractivity contribution in [1.29, 1.82) is 0 Å². The fourth-order valence-corrected chi connectivity index (χ4v) is 4.21. The number of carbonyl (C=O) groups is 1. The molecule has 0 unspecified atom stereocenters. The van der Waals surface area contributed by atoms with E-state index in [2.05, 4.69) is 27.9 Å². The van der Waals surface area contributed by atoms with E-state index in [-0.39, 0.29) is 12.1 Å². The summed E-state index contributed by atoms with van der Waals surface area (Å²) in [6.45, 7) is 5.95. The summed E-state index contributed by atoms with van der Waals surface area (Å²) in [5, 5.41) is 0. The highest BCUT2D eigenvalue weighted by molar-refractivity contribution is 7.97. The van der Waals surface area contributed by atoms with Crippen LogP contribution in [0.3, 0.4) is 0 Å². The lowest BCUT2D eigenvalue weighted by molar-refractivity contribution is -0.140. The number of halogens is 1. The van der Waals surface area contributed by atoms with Crippen LogP contribution in [0, 0.1) is 0 Å². The first-order valence-corrected chi connectivity index (χ1v) is 9.76. The molecule has 2 aliphatic rings. The summed E-state index contributed by atoms with van der Waals surface area (Å²) in [6.07, 6.45) is 4.38. The quantitative estimate of drug-likeness (QED) is 0.320. The first-order chi connectivity index (χ1) is 12.5. The first kappa shape index (κ1) is 19.0. The van der Waals surface area contributed by atoms with Crippen LogP contribution in [-0.2, 0) is 9.53 Å². The highest BCUT2D eigenvalue weighted by Gasteiger charge is 2.47. The number of nitrogens with zero attached hydrogens (tertiary/aromatic N) is 2. The van der Waals surface area contributed by atoms with Crippen molar-refractivity contribution in [2.45, 2.75) is 43.5 Å². The molecule has 26 heavy (non-hydrogen) atoms. The Hall–Kier alpha value is -1.73. The Morgan fingerprint density at radius 3 is 2.77 bits per heavy atom. The van der Waals surface area contributed by atoms with E-state index in [1.807, 2.05) is 18.2 Å². The van der Waals surface area contributed by atoms with Gasteiger partial charge in [0.25, 0.3) is 0 Å². The molecule has 1 aromatic carbocycles. The van der Waals surface area contributed by atoms with Crippen LogP contribution >= 0.6 is 11.9 Å². The van der Waals surface area contributed by atoms with Crippen molar-refractivity contribution in [2.75, 3.05) is 31.6 Å². The maximum absolute atomic E-state index is 13.6. The maximum Gasteiger partial charge on any atom is 0.370 e. The predicted octanol–water partition coefficient (Wildman–Crippen LogP) is 4.14. The Morgan fingerprint density at radius 1 is 1.35 bits per heavy atom. The molecule has 0 aromatic heterocycles. The monoisotopic (exact) mass is 380 g/mol. The zero-order valence-corrected chi connectivity index (χ0v) is 16.3. The second-order valence-electron chi connectivity index (χ2n) is 6.61. The topological polar surface area (TPSA) is 42.0 Å². The minimum atomic E-state index is -1.05. The molecule has 0 atom stereocenters. The molecule has 0 radical (unpaired) electrons. The SMILES string of the molecule is CCOC(=O)/C(F)=C/Oc1ccc2c(c1)SN(C)CCN2C1(CC)CC1. The van der Waals surface area contributed by atoms with Crippen molar-refractivity contribution in [2.24, 2.45) is 0 Å². The van der Waals surface area contributed by atoms with Crippen LogP contribution in [0.1, 0.15) is 33.1 Å². The zero-order valence-electron chi connectivity index (χ0n) is 15.5. The predicted molar refractivity (Wildman–Crippen MR) is 101 cm³/mol. The lowest BCUT2D eigenvalue weighted by Crippen LogP contribution is -2.40. The van der Waals surface area contributed by atoms with Crippen LogP contribution in [0.4, 0.5) is 10.1 Å². The summed E-state index contributed by atoms with van der Waals surface area (Å²) in [5.41, 5.74) is 1.47. The number of hydrogen-bond donors (Lipinski definition) is 0. The summed E-state index contributed by atoms with van der Waals surface area (Å²) in [7, 11) is 2.07. The number of rotatable bonds is 6. The van der Waals surface area contributed by atoms with Gasteiger partial charge in [0.15, 0.2) is 0 Å². The molecule has 0 spiro atoms. The molecule has 5 nitrogen and oxygen atoms in total. The Labute approximate surface area is 158 Å². The standard InChI is InChI=1S/C19H25FN2O3S/c1-4-19(8-9-19)22-11-10-21(3)26-17-12-14(6-7-16(17)22)25-13-15(20)18(23)24-5-2/h6-7,12-13H,4-5,8-11H2,1-3H3/b15-13-. The fourth-order valence-electron chi connectivity index (χ4n) is 3.26. The third kappa shape index (κ3) is 3.99. The maximum atomic E-state index is 13.6. The molecule has 1 aromatic rings. The molecule has 1 fully saturated rings. The van der Waals surface area contributed by atoms with Gasteiger partial charge < -0.3 is 14.4 Å². The van der Waals surface area contributed by atoms with E-state index in [1.165, 1.54) is 18.5 Å². The molecule has 3 rings (SSSR count). The highest BCUT2D eigenvalue weighted by atomic mass is 32.2. The second kappa shape index (κ2) is 7.88. The summed E-state index contributed by atoms with van der Waals surface area (Å²) in [6, 6.07) is 5.75. The largest absolute Gasteiger partial charge is 0.462 e. The van der Waals surface area contributed by atoms with Crippen molar-refractivity contribution in [3.63, 3.8) is 0 Å². The van der Waals surface area contributed by atoms with E-state index >= 15 is 0 Å². The molecule has 0 bridgehead atoms. The summed E-state index contributed by atoms with van der Waals surface area (Å²) >= 11 is 1.66. The van der Waals surface area contributed by atoms with Gasteiger partial charge in [0.1, 0.15) is 12.0 Å². The van der Waals surface area contributed by atoms with Gasteiger partial charge in [-0.05, 0) is 63.4 Å². The molecule has 1 heterocycles. The van der Waals surface area contributed by atoms with Gasteiger partial charge in [0.05, 0.1) is 17.2 Å². The number of benzene rings is 1. The number of likely N-dealkylation sites (N-methyl/N-ethyl adjacent to an activating group) is 1. The normalized spacial score (nSPS) is 19.5. The number of esters is 1. The van der Waals surface area contributed by atoms with Gasteiger partial charge in [0.2, 0.25) is 5.83 Å². The van der Waals surface area contributed by atoms with Gasteiger partial charge >= 0.3 is 5.97 Å². The third-order valence-corrected chi connectivity index (χ3v) is 5.96. The van der Waals surface area contributed by atoms with Gasteiger partial charge in [-0.15, -0.1) is 0 Å². The van der Waals surface area contributed by atoms with E-state index in [1.54, 1.807) is 18.9 Å². The third-order valence-electron chi connectivity index (χ3n) is 4.94. The Kier molecular flexibility index (Phi) is 5.77.